The molecule has 1 aromatic carbocycles. The van der Waals surface area contributed by atoms with Crippen molar-refractivity contribution in [2.45, 2.75) is 36.7 Å². The van der Waals surface area contributed by atoms with Gasteiger partial charge in [-0.2, -0.15) is 13.2 Å². The number of nitrogens with two attached hydrogens (primary N) is 1. The van der Waals surface area contributed by atoms with Gasteiger partial charge in [-0.3, -0.25) is 0 Å². The Balaban J connectivity index is 3.38. The zero-order valence-corrected chi connectivity index (χ0v) is 12.7. The second kappa shape index (κ2) is 6.65. The maximum Gasteiger partial charge on any atom is 0.501 e. The topological polar surface area (TPSA) is 63.4 Å². The minimum Gasteiger partial charge on any atom is -0.368 e. The highest BCUT2D eigenvalue weighted by Crippen LogP contribution is 2.36. The molecule has 0 unspecified atom stereocenters. The number of benzene rings is 1. The van der Waals surface area contributed by atoms with Crippen LogP contribution in [-0.4, -0.2) is 33.1 Å². The van der Waals surface area contributed by atoms with Gasteiger partial charge in [0.05, 0.1) is 10.6 Å². The first-order chi connectivity index (χ1) is 9.63. The van der Waals surface area contributed by atoms with Crippen molar-refractivity contribution in [2.24, 2.45) is 5.73 Å². The monoisotopic (exact) mass is 324 g/mol. The number of sulfone groups is 1. The molecule has 0 aromatic heterocycles. The number of alkyl halides is 3. The Bertz CT molecular complexity index is 571. The van der Waals surface area contributed by atoms with E-state index in [2.05, 4.69) is 0 Å². The van der Waals surface area contributed by atoms with Gasteiger partial charge in [0.2, 0.25) is 0 Å². The number of hydrogen-bond donors (Lipinski definition) is 1. The highest BCUT2D eigenvalue weighted by atomic mass is 32.2. The number of nitrogens with zero attached hydrogens (tertiary/aromatic N) is 1. The van der Waals surface area contributed by atoms with E-state index in [9.17, 15) is 21.6 Å². The van der Waals surface area contributed by atoms with Crippen molar-refractivity contribution in [3.05, 3.63) is 24.3 Å². The molecular weight excluding hydrogens is 305 g/mol. The standard InChI is InChI=1S/C13H19F3N2O2S/c1-10(2)18(9-5-8-17)11-6-3-4-7-12(11)21(19,20)13(14,15)16/h3-4,6-7,10H,5,8-9,17H2,1-2H3. The van der Waals surface area contributed by atoms with Crippen LogP contribution in [0.15, 0.2) is 29.2 Å². The maximum atomic E-state index is 12.8. The van der Waals surface area contributed by atoms with Crippen LogP contribution in [0.1, 0.15) is 20.3 Å². The van der Waals surface area contributed by atoms with Gasteiger partial charge in [-0.15, -0.1) is 0 Å². The van der Waals surface area contributed by atoms with E-state index in [1.54, 1.807) is 18.7 Å². The van der Waals surface area contributed by atoms with E-state index in [0.29, 0.717) is 19.5 Å². The van der Waals surface area contributed by atoms with Crippen molar-refractivity contribution in [1.82, 2.24) is 0 Å². The molecule has 21 heavy (non-hydrogen) atoms. The predicted molar refractivity (Wildman–Crippen MR) is 75.8 cm³/mol. The Morgan fingerprint density at radius 2 is 1.81 bits per heavy atom. The third-order valence-electron chi connectivity index (χ3n) is 3.00. The molecular formula is C13H19F3N2O2S. The van der Waals surface area contributed by atoms with Crippen LogP contribution in [0.2, 0.25) is 0 Å². The summed E-state index contributed by atoms with van der Waals surface area (Å²) in [6, 6.07) is 5.01. The van der Waals surface area contributed by atoms with Gasteiger partial charge < -0.3 is 10.6 Å². The van der Waals surface area contributed by atoms with Gasteiger partial charge in [-0.1, -0.05) is 12.1 Å². The fourth-order valence-corrected chi connectivity index (χ4v) is 2.93. The normalized spacial score (nSPS) is 12.7. The average molecular weight is 324 g/mol. The van der Waals surface area contributed by atoms with Crippen molar-refractivity contribution in [3.8, 4) is 0 Å². The lowest BCUT2D eigenvalue weighted by molar-refractivity contribution is -0.0435. The summed E-state index contributed by atoms with van der Waals surface area (Å²) in [6.07, 6.45) is 0.554. The Morgan fingerprint density at radius 1 is 1.24 bits per heavy atom. The number of para-hydroxylation sites is 1. The zero-order valence-electron chi connectivity index (χ0n) is 11.9. The molecule has 0 heterocycles. The SMILES string of the molecule is CC(C)N(CCCN)c1ccccc1S(=O)(=O)C(F)(F)F. The molecule has 0 fully saturated rings. The van der Waals surface area contributed by atoms with Crippen LogP contribution < -0.4 is 10.6 Å². The van der Waals surface area contributed by atoms with E-state index < -0.39 is 20.2 Å². The molecule has 0 aliphatic carbocycles. The summed E-state index contributed by atoms with van der Waals surface area (Å²) in [4.78, 5) is 0.897. The summed E-state index contributed by atoms with van der Waals surface area (Å²) in [7, 11) is -5.38. The third-order valence-corrected chi connectivity index (χ3v) is 4.53. The molecule has 0 saturated heterocycles. The molecule has 0 aliphatic heterocycles. The lowest BCUT2D eigenvalue weighted by Gasteiger charge is -2.30. The van der Waals surface area contributed by atoms with E-state index in [-0.39, 0.29) is 11.7 Å². The summed E-state index contributed by atoms with van der Waals surface area (Å²) in [5.41, 5.74) is 0.157. The van der Waals surface area contributed by atoms with Gasteiger partial charge in [0.25, 0.3) is 9.84 Å². The minimum absolute atomic E-state index is 0.0540. The molecule has 0 radical (unpaired) electrons. The van der Waals surface area contributed by atoms with Crippen LogP contribution in [0.4, 0.5) is 18.9 Å². The van der Waals surface area contributed by atoms with Crippen LogP contribution in [-0.2, 0) is 9.84 Å². The van der Waals surface area contributed by atoms with E-state index in [4.69, 9.17) is 5.73 Å². The summed E-state index contributed by atoms with van der Waals surface area (Å²) in [5, 5.41) is 0. The first kappa shape index (κ1) is 17.8. The summed E-state index contributed by atoms with van der Waals surface area (Å²) in [6.45, 7) is 4.33. The van der Waals surface area contributed by atoms with Crippen molar-refractivity contribution < 1.29 is 21.6 Å². The van der Waals surface area contributed by atoms with Gasteiger partial charge in [0, 0.05) is 12.6 Å². The van der Waals surface area contributed by atoms with Crippen molar-refractivity contribution in [2.75, 3.05) is 18.0 Å². The highest BCUT2D eigenvalue weighted by molar-refractivity contribution is 7.92. The highest BCUT2D eigenvalue weighted by Gasteiger charge is 2.48. The largest absolute Gasteiger partial charge is 0.501 e. The third kappa shape index (κ3) is 3.88. The molecule has 0 aliphatic rings. The molecule has 1 rings (SSSR count). The molecule has 4 nitrogen and oxygen atoms in total. The van der Waals surface area contributed by atoms with E-state index in [1.807, 2.05) is 0 Å². The van der Waals surface area contributed by atoms with Gasteiger partial charge in [-0.25, -0.2) is 8.42 Å². The fraction of sp³-hybridized carbons (Fsp3) is 0.538. The van der Waals surface area contributed by atoms with Crippen LogP contribution in [0.25, 0.3) is 0 Å². The average Bonchev–Trinajstić information content (AvgIpc) is 2.38. The van der Waals surface area contributed by atoms with Crippen molar-refractivity contribution in [3.63, 3.8) is 0 Å². The number of halogens is 3. The number of anilines is 1. The smallest absolute Gasteiger partial charge is 0.368 e. The molecule has 0 saturated carbocycles. The number of hydrogen-bond acceptors (Lipinski definition) is 4. The lowest BCUT2D eigenvalue weighted by atomic mass is 10.2. The Morgan fingerprint density at radius 3 is 2.29 bits per heavy atom. The first-order valence-electron chi connectivity index (χ1n) is 6.50. The lowest BCUT2D eigenvalue weighted by Crippen LogP contribution is -2.35. The van der Waals surface area contributed by atoms with Crippen LogP contribution in [0.5, 0.6) is 0 Å². The zero-order chi connectivity index (χ0) is 16.3. The molecule has 1 aromatic rings. The van der Waals surface area contributed by atoms with Gasteiger partial charge in [0.15, 0.2) is 0 Å². The fourth-order valence-electron chi connectivity index (χ4n) is 1.96. The van der Waals surface area contributed by atoms with Crippen molar-refractivity contribution in [1.29, 1.82) is 0 Å². The Kier molecular flexibility index (Phi) is 5.63. The molecule has 0 atom stereocenters. The summed E-state index contributed by atoms with van der Waals surface area (Å²) >= 11 is 0. The molecule has 0 spiro atoms. The van der Waals surface area contributed by atoms with Gasteiger partial charge in [-0.05, 0) is 38.9 Å². The predicted octanol–water partition coefficient (Wildman–Crippen LogP) is 2.54. The molecule has 0 bridgehead atoms. The summed E-state index contributed by atoms with van der Waals surface area (Å²) < 4.78 is 61.8. The molecule has 8 heteroatoms. The van der Waals surface area contributed by atoms with Crippen molar-refractivity contribution >= 4 is 15.5 Å². The first-order valence-corrected chi connectivity index (χ1v) is 7.98. The quantitative estimate of drug-likeness (QED) is 0.873. The van der Waals surface area contributed by atoms with E-state index in [0.717, 1.165) is 6.07 Å². The van der Waals surface area contributed by atoms with Gasteiger partial charge in [0.1, 0.15) is 0 Å². The second-order valence-corrected chi connectivity index (χ2v) is 6.76. The van der Waals surface area contributed by atoms with E-state index >= 15 is 0 Å². The Hall–Kier alpha value is -1.28. The molecule has 120 valence electrons. The molecule has 2 N–H and O–H groups in total. The van der Waals surface area contributed by atoms with E-state index in [1.165, 1.54) is 18.2 Å². The molecule has 0 amide bonds. The Labute approximate surface area is 122 Å². The van der Waals surface area contributed by atoms with Crippen LogP contribution >= 0.6 is 0 Å². The van der Waals surface area contributed by atoms with Crippen LogP contribution in [0, 0.1) is 0 Å². The maximum absolute atomic E-state index is 12.8. The van der Waals surface area contributed by atoms with Crippen LogP contribution in [0.3, 0.4) is 0 Å². The van der Waals surface area contributed by atoms with Gasteiger partial charge >= 0.3 is 5.51 Å². The summed E-state index contributed by atoms with van der Waals surface area (Å²) in [5.74, 6) is 0. The minimum atomic E-state index is -5.38. The number of rotatable bonds is 6. The second-order valence-electron chi connectivity index (χ2n) is 4.85.